The van der Waals surface area contributed by atoms with Crippen LogP contribution in [0.4, 0.5) is 17.5 Å². The van der Waals surface area contributed by atoms with Crippen LogP contribution < -0.4 is 10.6 Å². The Kier molecular flexibility index (Phi) is 6.33. The van der Waals surface area contributed by atoms with Gasteiger partial charge in [-0.15, -0.1) is 0 Å². The molecule has 2 N–H and O–H groups in total. The Hall–Kier alpha value is -2.99. The van der Waals surface area contributed by atoms with E-state index >= 15 is 0 Å². The van der Waals surface area contributed by atoms with Gasteiger partial charge in [0.2, 0.25) is 5.95 Å². The number of hydrogen-bond donors (Lipinski definition) is 2. The predicted molar refractivity (Wildman–Crippen MR) is 111 cm³/mol. The first-order valence-electron chi connectivity index (χ1n) is 9.12. The van der Waals surface area contributed by atoms with Gasteiger partial charge in [-0.05, 0) is 57.7 Å². The fourth-order valence-corrected chi connectivity index (χ4v) is 2.70. The molecular formula is C21H26N6. The van der Waals surface area contributed by atoms with Crippen LogP contribution in [-0.2, 0) is 0 Å². The van der Waals surface area contributed by atoms with Gasteiger partial charge in [0.25, 0.3) is 0 Å². The fraction of sp³-hybridized carbons (Fsp3) is 0.286. The first-order valence-corrected chi connectivity index (χ1v) is 9.12. The molecule has 27 heavy (non-hydrogen) atoms. The van der Waals surface area contributed by atoms with E-state index in [0.29, 0.717) is 5.95 Å². The van der Waals surface area contributed by atoms with Gasteiger partial charge in [-0.1, -0.05) is 18.2 Å². The van der Waals surface area contributed by atoms with Crippen LogP contribution in [0.2, 0.25) is 0 Å². The number of rotatable bonds is 8. The highest BCUT2D eigenvalue weighted by atomic mass is 15.1. The summed E-state index contributed by atoms with van der Waals surface area (Å²) in [5.41, 5.74) is 4.00. The summed E-state index contributed by atoms with van der Waals surface area (Å²) in [5.74, 6) is 1.37. The van der Waals surface area contributed by atoms with Crippen LogP contribution in [0.25, 0.3) is 11.3 Å². The standard InChI is InChI=1S/C21H26N6/c1-16-8-4-5-10-18(16)24-20-14-19(17-9-6-11-22-15-17)25-21(26-20)23-12-7-13-27(2)3/h4-6,8-11,14-15H,7,12-13H2,1-3H3,(H2,23,24,25,26). The lowest BCUT2D eigenvalue weighted by atomic mass is 10.2. The smallest absolute Gasteiger partial charge is 0.225 e. The van der Waals surface area contributed by atoms with Crippen LogP contribution in [0.1, 0.15) is 12.0 Å². The number of aromatic nitrogens is 3. The molecule has 2 heterocycles. The summed E-state index contributed by atoms with van der Waals surface area (Å²) in [7, 11) is 4.15. The summed E-state index contributed by atoms with van der Waals surface area (Å²) in [4.78, 5) is 15.7. The minimum atomic E-state index is 0.617. The second-order valence-electron chi connectivity index (χ2n) is 6.73. The highest BCUT2D eigenvalue weighted by molar-refractivity contribution is 5.68. The van der Waals surface area contributed by atoms with E-state index in [-0.39, 0.29) is 0 Å². The van der Waals surface area contributed by atoms with Crippen LogP contribution in [-0.4, -0.2) is 47.0 Å². The van der Waals surface area contributed by atoms with Gasteiger partial charge in [0.15, 0.2) is 0 Å². The molecule has 1 aromatic carbocycles. The van der Waals surface area contributed by atoms with Crippen LogP contribution in [0.5, 0.6) is 0 Å². The molecule has 6 heteroatoms. The Morgan fingerprint density at radius 3 is 2.63 bits per heavy atom. The number of para-hydroxylation sites is 1. The lowest BCUT2D eigenvalue weighted by Crippen LogP contribution is -2.17. The Labute approximate surface area is 160 Å². The van der Waals surface area contributed by atoms with Crippen LogP contribution in [0, 0.1) is 6.92 Å². The molecule has 0 saturated carbocycles. The van der Waals surface area contributed by atoms with E-state index < -0.39 is 0 Å². The van der Waals surface area contributed by atoms with Crippen molar-refractivity contribution < 1.29 is 0 Å². The summed E-state index contributed by atoms with van der Waals surface area (Å²) < 4.78 is 0. The molecule has 0 fully saturated rings. The highest BCUT2D eigenvalue weighted by Crippen LogP contribution is 2.24. The topological polar surface area (TPSA) is 66.0 Å². The number of pyridine rings is 1. The number of benzene rings is 1. The third-order valence-electron chi connectivity index (χ3n) is 4.16. The number of nitrogens with zero attached hydrogens (tertiary/aromatic N) is 4. The summed E-state index contributed by atoms with van der Waals surface area (Å²) >= 11 is 0. The average molecular weight is 362 g/mol. The molecule has 3 aromatic rings. The molecule has 2 aromatic heterocycles. The number of anilines is 3. The van der Waals surface area contributed by atoms with Crippen molar-refractivity contribution in [1.29, 1.82) is 0 Å². The van der Waals surface area contributed by atoms with Crippen molar-refractivity contribution in [2.75, 3.05) is 37.8 Å². The lowest BCUT2D eigenvalue weighted by Gasteiger charge is -2.13. The minimum absolute atomic E-state index is 0.617. The maximum atomic E-state index is 4.67. The molecule has 0 bridgehead atoms. The van der Waals surface area contributed by atoms with Crippen molar-refractivity contribution in [2.45, 2.75) is 13.3 Å². The Bertz CT molecular complexity index is 864. The molecule has 0 atom stereocenters. The average Bonchev–Trinajstić information content (AvgIpc) is 2.67. The molecule has 6 nitrogen and oxygen atoms in total. The van der Waals surface area contributed by atoms with Gasteiger partial charge in [-0.25, -0.2) is 4.98 Å². The van der Waals surface area contributed by atoms with E-state index in [4.69, 9.17) is 0 Å². The van der Waals surface area contributed by atoms with Gasteiger partial charge in [0.05, 0.1) is 5.69 Å². The van der Waals surface area contributed by atoms with Gasteiger partial charge < -0.3 is 15.5 Å². The molecular weight excluding hydrogens is 336 g/mol. The van der Waals surface area contributed by atoms with E-state index in [1.807, 2.05) is 42.6 Å². The monoisotopic (exact) mass is 362 g/mol. The Morgan fingerprint density at radius 2 is 1.89 bits per heavy atom. The zero-order valence-corrected chi connectivity index (χ0v) is 16.1. The van der Waals surface area contributed by atoms with Crippen LogP contribution >= 0.6 is 0 Å². The third kappa shape index (κ3) is 5.49. The summed E-state index contributed by atoms with van der Waals surface area (Å²) in [6.07, 6.45) is 4.60. The number of aryl methyl sites for hydroxylation is 1. The van der Waals surface area contributed by atoms with Crippen LogP contribution in [0.15, 0.2) is 54.9 Å². The first kappa shape index (κ1) is 18.8. The van der Waals surface area contributed by atoms with Crippen molar-refractivity contribution in [2.24, 2.45) is 0 Å². The zero-order valence-electron chi connectivity index (χ0n) is 16.1. The van der Waals surface area contributed by atoms with Crippen molar-refractivity contribution in [3.63, 3.8) is 0 Å². The summed E-state index contributed by atoms with van der Waals surface area (Å²) in [6, 6.07) is 14.0. The number of nitrogens with one attached hydrogen (secondary N) is 2. The van der Waals surface area contributed by atoms with Crippen molar-refractivity contribution in [3.8, 4) is 11.3 Å². The second-order valence-corrected chi connectivity index (χ2v) is 6.73. The largest absolute Gasteiger partial charge is 0.354 e. The minimum Gasteiger partial charge on any atom is -0.354 e. The first-order chi connectivity index (χ1) is 13.1. The normalized spacial score (nSPS) is 10.8. The SMILES string of the molecule is Cc1ccccc1Nc1cc(-c2cccnc2)nc(NCCCN(C)C)n1. The molecule has 0 aliphatic heterocycles. The van der Waals surface area contributed by atoms with Gasteiger partial charge in [-0.2, -0.15) is 4.98 Å². The Balaban J connectivity index is 1.85. The predicted octanol–water partition coefficient (Wildman–Crippen LogP) is 3.95. The molecule has 0 unspecified atom stereocenters. The second kappa shape index (κ2) is 9.09. The lowest BCUT2D eigenvalue weighted by molar-refractivity contribution is 0.405. The van der Waals surface area contributed by atoms with Crippen LogP contribution in [0.3, 0.4) is 0 Å². The molecule has 0 aliphatic rings. The third-order valence-corrected chi connectivity index (χ3v) is 4.16. The maximum Gasteiger partial charge on any atom is 0.225 e. The summed E-state index contributed by atoms with van der Waals surface area (Å²) in [5, 5.41) is 6.75. The maximum absolute atomic E-state index is 4.67. The summed E-state index contributed by atoms with van der Waals surface area (Å²) in [6.45, 7) is 3.91. The van der Waals surface area contributed by atoms with E-state index in [1.165, 1.54) is 5.56 Å². The molecule has 0 radical (unpaired) electrons. The van der Waals surface area contributed by atoms with E-state index in [9.17, 15) is 0 Å². The molecule has 0 spiro atoms. The highest BCUT2D eigenvalue weighted by Gasteiger charge is 2.08. The van der Waals surface area contributed by atoms with Gasteiger partial charge >= 0.3 is 0 Å². The van der Waals surface area contributed by atoms with E-state index in [0.717, 1.165) is 42.3 Å². The quantitative estimate of drug-likeness (QED) is 0.592. The fourth-order valence-electron chi connectivity index (χ4n) is 2.70. The van der Waals surface area contributed by atoms with E-state index in [2.05, 4.69) is 57.6 Å². The Morgan fingerprint density at radius 1 is 1.04 bits per heavy atom. The van der Waals surface area contributed by atoms with E-state index in [1.54, 1.807) is 6.20 Å². The molecule has 0 saturated heterocycles. The number of hydrogen-bond acceptors (Lipinski definition) is 6. The van der Waals surface area contributed by atoms with Crippen molar-refractivity contribution in [1.82, 2.24) is 19.9 Å². The zero-order chi connectivity index (χ0) is 19.1. The van der Waals surface area contributed by atoms with Gasteiger partial charge in [0, 0.05) is 36.3 Å². The van der Waals surface area contributed by atoms with Gasteiger partial charge in [0.1, 0.15) is 5.82 Å². The van der Waals surface area contributed by atoms with Crippen molar-refractivity contribution >= 4 is 17.5 Å². The van der Waals surface area contributed by atoms with Gasteiger partial charge in [-0.3, -0.25) is 4.98 Å². The van der Waals surface area contributed by atoms with Crippen molar-refractivity contribution in [3.05, 3.63) is 60.4 Å². The molecule has 140 valence electrons. The molecule has 0 aliphatic carbocycles. The molecule has 0 amide bonds. The molecule has 3 rings (SSSR count).